The molecule has 1 aromatic carbocycles. The first-order valence-electron chi connectivity index (χ1n) is 8.12. The van der Waals surface area contributed by atoms with Gasteiger partial charge in [-0.15, -0.1) is 0 Å². The van der Waals surface area contributed by atoms with Crippen LogP contribution in [-0.4, -0.2) is 53.4 Å². The number of likely N-dealkylation sites (N-methyl/N-ethyl adjacent to an activating group) is 1. The molecule has 0 aliphatic rings. The Hall–Kier alpha value is -2.62. The Labute approximate surface area is 151 Å². The zero-order chi connectivity index (χ0) is 19.1. The average Bonchev–Trinajstić information content (AvgIpc) is 3.01. The van der Waals surface area contributed by atoms with Crippen molar-refractivity contribution in [2.45, 2.75) is 19.6 Å². The van der Waals surface area contributed by atoms with Crippen LogP contribution in [0, 0.1) is 0 Å². The van der Waals surface area contributed by atoms with E-state index in [4.69, 9.17) is 19.1 Å². The summed E-state index contributed by atoms with van der Waals surface area (Å²) in [4.78, 5) is 25.2. The molecule has 0 saturated heterocycles. The van der Waals surface area contributed by atoms with E-state index in [9.17, 15) is 9.59 Å². The van der Waals surface area contributed by atoms with Crippen LogP contribution in [-0.2, 0) is 20.7 Å². The summed E-state index contributed by atoms with van der Waals surface area (Å²) in [5.41, 5.74) is 1.41. The summed E-state index contributed by atoms with van der Waals surface area (Å²) >= 11 is 0. The molecule has 2 rings (SSSR count). The lowest BCUT2D eigenvalue weighted by Gasteiger charge is -2.22. The molecule has 138 valence electrons. The van der Waals surface area contributed by atoms with Gasteiger partial charge in [0.15, 0.2) is 0 Å². The minimum absolute atomic E-state index is 0.155. The molecule has 1 heterocycles. The van der Waals surface area contributed by atoms with Gasteiger partial charge in [-0.05, 0) is 19.1 Å². The molecule has 0 aliphatic carbocycles. The van der Waals surface area contributed by atoms with Gasteiger partial charge in [-0.3, -0.25) is 9.59 Å². The number of hydrogen-bond donors (Lipinski definition) is 3. The molecule has 0 fully saturated rings. The molecule has 2 aromatic rings. The fourth-order valence-electron chi connectivity index (χ4n) is 2.54. The van der Waals surface area contributed by atoms with E-state index in [1.54, 1.807) is 13.0 Å². The van der Waals surface area contributed by atoms with E-state index in [0.717, 1.165) is 17.0 Å². The SMILES string of the molecule is C=CC(=O)N(CC)CC(=O)N[C@@H](Cc1coc2ccccc12)OB(O)O. The average molecular weight is 360 g/mol. The van der Waals surface area contributed by atoms with Crippen LogP contribution in [0.4, 0.5) is 0 Å². The summed E-state index contributed by atoms with van der Waals surface area (Å²) in [7, 11) is -2.06. The lowest BCUT2D eigenvalue weighted by atomic mass is 10.1. The molecule has 0 unspecified atom stereocenters. The number of amides is 2. The third-order valence-electron chi connectivity index (χ3n) is 3.78. The van der Waals surface area contributed by atoms with Crippen molar-refractivity contribution in [3.8, 4) is 0 Å². The molecule has 26 heavy (non-hydrogen) atoms. The number of nitrogens with zero attached hydrogens (tertiary/aromatic N) is 1. The Balaban J connectivity index is 2.08. The molecule has 9 heteroatoms. The van der Waals surface area contributed by atoms with Crippen molar-refractivity contribution in [2.75, 3.05) is 13.1 Å². The van der Waals surface area contributed by atoms with Gasteiger partial charge >= 0.3 is 7.32 Å². The molecule has 0 spiro atoms. The fraction of sp³-hybridized carbons (Fsp3) is 0.294. The number of benzene rings is 1. The van der Waals surface area contributed by atoms with E-state index in [2.05, 4.69) is 11.9 Å². The molecular formula is C17H21BN2O6. The third kappa shape index (κ3) is 5.19. The third-order valence-corrected chi connectivity index (χ3v) is 3.78. The topological polar surface area (TPSA) is 112 Å². The second-order valence-electron chi connectivity index (χ2n) is 5.54. The molecule has 1 aromatic heterocycles. The van der Waals surface area contributed by atoms with Gasteiger partial charge in [-0.25, -0.2) is 0 Å². The first-order valence-corrected chi connectivity index (χ1v) is 8.12. The number of carbonyl (C=O) groups excluding carboxylic acids is 2. The van der Waals surface area contributed by atoms with Crippen molar-refractivity contribution in [3.05, 3.63) is 48.7 Å². The smallest absolute Gasteiger partial charge is 0.464 e. The van der Waals surface area contributed by atoms with Gasteiger partial charge in [0.25, 0.3) is 0 Å². The molecule has 0 radical (unpaired) electrons. The number of nitrogens with one attached hydrogen (secondary N) is 1. The number of carbonyl (C=O) groups is 2. The standard InChI is InChI=1S/C17H21BN2O6/c1-3-17(22)20(4-2)10-15(21)19-16(26-18(23)24)9-12-11-25-14-8-6-5-7-13(12)14/h3,5-8,11,16,23-24H,1,4,9-10H2,2H3,(H,19,21)/t16-/m1/s1. The van der Waals surface area contributed by atoms with Gasteiger partial charge < -0.3 is 29.3 Å². The molecule has 2 amide bonds. The van der Waals surface area contributed by atoms with Crippen molar-refractivity contribution < 1.29 is 28.7 Å². The summed E-state index contributed by atoms with van der Waals surface area (Å²) in [6, 6.07) is 7.33. The minimum atomic E-state index is -2.06. The van der Waals surface area contributed by atoms with Crippen LogP contribution in [0.3, 0.4) is 0 Å². The van der Waals surface area contributed by atoms with E-state index in [-0.39, 0.29) is 18.9 Å². The van der Waals surface area contributed by atoms with Gasteiger partial charge in [-0.1, -0.05) is 24.8 Å². The lowest BCUT2D eigenvalue weighted by Crippen LogP contribution is -2.47. The van der Waals surface area contributed by atoms with Gasteiger partial charge in [0.05, 0.1) is 12.8 Å². The van der Waals surface area contributed by atoms with Crippen LogP contribution in [0.1, 0.15) is 12.5 Å². The van der Waals surface area contributed by atoms with E-state index < -0.39 is 19.5 Å². The second kappa shape index (κ2) is 9.18. The summed E-state index contributed by atoms with van der Waals surface area (Å²) in [5.74, 6) is -0.872. The first-order chi connectivity index (χ1) is 12.4. The van der Waals surface area contributed by atoms with Gasteiger partial charge in [-0.2, -0.15) is 0 Å². The van der Waals surface area contributed by atoms with Gasteiger partial charge in [0.1, 0.15) is 11.8 Å². The highest BCUT2D eigenvalue weighted by molar-refractivity contribution is 6.32. The predicted molar refractivity (Wildman–Crippen MR) is 95.6 cm³/mol. The number of furan rings is 1. The molecule has 0 saturated carbocycles. The zero-order valence-electron chi connectivity index (χ0n) is 14.4. The maximum atomic E-state index is 12.2. The first kappa shape index (κ1) is 19.7. The van der Waals surface area contributed by atoms with E-state index >= 15 is 0 Å². The number of hydrogen-bond acceptors (Lipinski definition) is 6. The Morgan fingerprint density at radius 3 is 2.81 bits per heavy atom. The lowest BCUT2D eigenvalue weighted by molar-refractivity contribution is -0.133. The molecule has 3 N–H and O–H groups in total. The van der Waals surface area contributed by atoms with Crippen LogP contribution in [0.5, 0.6) is 0 Å². The van der Waals surface area contributed by atoms with Crippen molar-refractivity contribution in [1.82, 2.24) is 10.2 Å². The van der Waals surface area contributed by atoms with Crippen molar-refractivity contribution >= 4 is 30.1 Å². The molecule has 8 nitrogen and oxygen atoms in total. The van der Waals surface area contributed by atoms with Crippen LogP contribution in [0.2, 0.25) is 0 Å². The van der Waals surface area contributed by atoms with Crippen molar-refractivity contribution in [2.24, 2.45) is 0 Å². The number of rotatable bonds is 9. The molecule has 0 bridgehead atoms. The number of para-hydroxylation sites is 1. The van der Waals surface area contributed by atoms with Crippen LogP contribution < -0.4 is 5.32 Å². The second-order valence-corrected chi connectivity index (χ2v) is 5.54. The highest BCUT2D eigenvalue weighted by Crippen LogP contribution is 2.22. The highest BCUT2D eigenvalue weighted by atomic mass is 16.6. The summed E-state index contributed by atoms with van der Waals surface area (Å²) in [6.45, 7) is 5.26. The summed E-state index contributed by atoms with van der Waals surface area (Å²) in [5, 5.41) is 21.6. The molecule has 0 aliphatic heterocycles. The Morgan fingerprint density at radius 2 is 2.15 bits per heavy atom. The van der Waals surface area contributed by atoms with Crippen LogP contribution >= 0.6 is 0 Å². The maximum absolute atomic E-state index is 12.2. The summed E-state index contributed by atoms with van der Waals surface area (Å²) < 4.78 is 10.4. The highest BCUT2D eigenvalue weighted by Gasteiger charge is 2.23. The van der Waals surface area contributed by atoms with E-state index in [0.29, 0.717) is 12.1 Å². The fourth-order valence-corrected chi connectivity index (χ4v) is 2.54. The molecular weight excluding hydrogens is 339 g/mol. The van der Waals surface area contributed by atoms with E-state index in [1.807, 2.05) is 18.2 Å². The van der Waals surface area contributed by atoms with Crippen molar-refractivity contribution in [3.63, 3.8) is 0 Å². The monoisotopic (exact) mass is 360 g/mol. The van der Waals surface area contributed by atoms with E-state index in [1.165, 1.54) is 11.2 Å². The largest absolute Gasteiger partial charge is 0.635 e. The van der Waals surface area contributed by atoms with Gasteiger partial charge in [0, 0.05) is 23.9 Å². The Morgan fingerprint density at radius 1 is 1.42 bits per heavy atom. The Kier molecular flexibility index (Phi) is 6.96. The van der Waals surface area contributed by atoms with Gasteiger partial charge in [0.2, 0.25) is 11.8 Å². The molecule has 1 atom stereocenters. The predicted octanol–water partition coefficient (Wildman–Crippen LogP) is 0.438. The van der Waals surface area contributed by atoms with Crippen molar-refractivity contribution in [1.29, 1.82) is 0 Å². The Bertz CT molecular complexity index is 775. The van der Waals surface area contributed by atoms with Crippen LogP contribution in [0.25, 0.3) is 11.0 Å². The minimum Gasteiger partial charge on any atom is -0.464 e. The quantitative estimate of drug-likeness (QED) is 0.340. The summed E-state index contributed by atoms with van der Waals surface area (Å²) in [6.07, 6.45) is 1.79. The van der Waals surface area contributed by atoms with Crippen LogP contribution in [0.15, 0.2) is 47.6 Å². The zero-order valence-corrected chi connectivity index (χ0v) is 14.4. The normalized spacial score (nSPS) is 11.8. The number of fused-ring (bicyclic) bond motifs is 1. The maximum Gasteiger partial charge on any atom is 0.635 e.